The lowest BCUT2D eigenvalue weighted by Gasteiger charge is -2.07. The van der Waals surface area contributed by atoms with Crippen molar-refractivity contribution in [2.45, 2.75) is 6.82 Å². The average Bonchev–Trinajstić information content (AvgIpc) is 3.17. The summed E-state index contributed by atoms with van der Waals surface area (Å²) in [5.74, 6) is 0. The molecular weight excluding hydrogens is 383 g/mol. The van der Waals surface area contributed by atoms with E-state index >= 15 is 0 Å². The van der Waals surface area contributed by atoms with Crippen LogP contribution >= 0.6 is 0 Å². The summed E-state index contributed by atoms with van der Waals surface area (Å²) >= 11 is 0. The third-order valence-electron chi connectivity index (χ3n) is 5.44. The molecule has 0 saturated heterocycles. The Bertz CT molecular complexity index is 1530. The molecule has 0 atom stereocenters. The second kappa shape index (κ2) is 7.91. The summed E-state index contributed by atoms with van der Waals surface area (Å²) in [5.41, 5.74) is 4.37. The Morgan fingerprint density at radius 1 is 0.581 bits per heavy atom. The fourth-order valence-corrected chi connectivity index (χ4v) is 4.10. The van der Waals surface area contributed by atoms with E-state index in [4.69, 9.17) is 14.5 Å². The van der Waals surface area contributed by atoms with E-state index in [9.17, 15) is 0 Å². The lowest BCUT2D eigenvalue weighted by Crippen LogP contribution is -2.00. The van der Waals surface area contributed by atoms with Crippen LogP contribution in [0.15, 0.2) is 101 Å². The first kappa shape index (κ1) is 19.4. The van der Waals surface area contributed by atoms with Crippen molar-refractivity contribution in [3.05, 3.63) is 97.1 Å². The highest BCUT2D eigenvalue weighted by Crippen LogP contribution is 2.36. The van der Waals surface area contributed by atoms with Crippen molar-refractivity contribution in [1.82, 2.24) is 0 Å². The largest absolute Gasteiger partial charge is 0.456 e. The molecule has 2 N–H and O–H groups in total. The van der Waals surface area contributed by atoms with Gasteiger partial charge in [0.1, 0.15) is 11.2 Å². The highest BCUT2D eigenvalue weighted by Gasteiger charge is 2.10. The van der Waals surface area contributed by atoms with Crippen LogP contribution in [0, 0.1) is 0 Å². The molecule has 150 valence electrons. The standard InChI is InChI=1S/C26H16O.CH5BO2/c1-2-6-18-15-19(10-9-17(18)5-1)20-11-13-22-21(16-20)12-14-25-26(22)23-7-3-4-8-24(23)27-25;1-2(3)4/h1-16H;3-4H,1H3. The Morgan fingerprint density at radius 2 is 1.19 bits per heavy atom. The second-order valence-electron chi connectivity index (χ2n) is 7.67. The van der Waals surface area contributed by atoms with Crippen LogP contribution in [0.2, 0.25) is 6.82 Å². The fraction of sp³-hybridized carbons (Fsp3) is 0.0370. The molecule has 6 aromatic rings. The molecule has 4 heteroatoms. The molecule has 0 saturated carbocycles. The Labute approximate surface area is 180 Å². The Kier molecular flexibility index (Phi) is 4.95. The molecule has 5 aromatic carbocycles. The summed E-state index contributed by atoms with van der Waals surface area (Å²) in [6.45, 7) is 1.28. The van der Waals surface area contributed by atoms with Gasteiger partial charge >= 0.3 is 7.12 Å². The van der Waals surface area contributed by atoms with E-state index in [-0.39, 0.29) is 0 Å². The van der Waals surface area contributed by atoms with Gasteiger partial charge in [-0.2, -0.15) is 0 Å². The summed E-state index contributed by atoms with van der Waals surface area (Å²) in [6.07, 6.45) is 0. The Hall–Kier alpha value is -3.60. The summed E-state index contributed by atoms with van der Waals surface area (Å²) in [7, 11) is -1.17. The molecule has 0 radical (unpaired) electrons. The first-order valence-corrected chi connectivity index (χ1v) is 10.3. The molecular formula is C27H21BO3. The number of hydrogen-bond acceptors (Lipinski definition) is 3. The maximum absolute atomic E-state index is 7.61. The smallest absolute Gasteiger partial charge is 0.448 e. The molecule has 0 aliphatic carbocycles. The molecule has 1 aromatic heterocycles. The third-order valence-corrected chi connectivity index (χ3v) is 5.44. The summed E-state index contributed by atoms with van der Waals surface area (Å²) in [6, 6.07) is 34.4. The van der Waals surface area contributed by atoms with Crippen molar-refractivity contribution in [2.24, 2.45) is 0 Å². The van der Waals surface area contributed by atoms with E-state index in [0.717, 1.165) is 11.2 Å². The third kappa shape index (κ3) is 3.68. The molecule has 0 spiro atoms. The SMILES string of the molecule is CB(O)O.c1ccc2cc(-c3ccc4c(ccc5oc6ccccc6c54)c3)ccc2c1. The highest BCUT2D eigenvalue weighted by atomic mass is 16.4. The van der Waals surface area contributed by atoms with Crippen molar-refractivity contribution in [3.8, 4) is 11.1 Å². The van der Waals surface area contributed by atoms with E-state index < -0.39 is 7.12 Å². The number of furan rings is 1. The van der Waals surface area contributed by atoms with E-state index in [2.05, 4.69) is 84.9 Å². The minimum Gasteiger partial charge on any atom is -0.456 e. The van der Waals surface area contributed by atoms with Crippen LogP contribution in [0.25, 0.3) is 54.6 Å². The molecule has 0 aliphatic heterocycles. The van der Waals surface area contributed by atoms with Crippen molar-refractivity contribution in [1.29, 1.82) is 0 Å². The van der Waals surface area contributed by atoms with E-state index in [0.29, 0.717) is 0 Å². The van der Waals surface area contributed by atoms with Gasteiger partial charge in [0.05, 0.1) is 0 Å². The van der Waals surface area contributed by atoms with E-state index in [1.807, 2.05) is 12.1 Å². The second-order valence-corrected chi connectivity index (χ2v) is 7.67. The van der Waals surface area contributed by atoms with Gasteiger partial charge in [0, 0.05) is 10.8 Å². The monoisotopic (exact) mass is 404 g/mol. The topological polar surface area (TPSA) is 53.6 Å². The molecule has 0 unspecified atom stereocenters. The highest BCUT2D eigenvalue weighted by molar-refractivity contribution is 6.38. The quantitative estimate of drug-likeness (QED) is 0.302. The molecule has 1 heterocycles. The lowest BCUT2D eigenvalue weighted by atomic mass is 9.97. The number of rotatable bonds is 1. The van der Waals surface area contributed by atoms with E-state index in [1.54, 1.807) is 0 Å². The lowest BCUT2D eigenvalue weighted by molar-refractivity contribution is 0.417. The van der Waals surface area contributed by atoms with Gasteiger partial charge in [0.15, 0.2) is 0 Å². The van der Waals surface area contributed by atoms with Crippen molar-refractivity contribution in [2.75, 3.05) is 0 Å². The number of hydrogen-bond donors (Lipinski definition) is 2. The van der Waals surface area contributed by atoms with Gasteiger partial charge in [-0.15, -0.1) is 0 Å². The molecule has 0 aliphatic rings. The zero-order valence-electron chi connectivity index (χ0n) is 17.1. The fourth-order valence-electron chi connectivity index (χ4n) is 4.10. The van der Waals surface area contributed by atoms with Gasteiger partial charge in [0.2, 0.25) is 0 Å². The molecule has 0 amide bonds. The molecule has 0 bridgehead atoms. The van der Waals surface area contributed by atoms with Gasteiger partial charge in [0.25, 0.3) is 0 Å². The van der Waals surface area contributed by atoms with Crippen LogP contribution in [0.4, 0.5) is 0 Å². The number of benzene rings is 5. The predicted octanol–water partition coefficient (Wildman–Crippen LogP) is 6.65. The maximum atomic E-state index is 7.61. The van der Waals surface area contributed by atoms with Crippen LogP contribution in [-0.2, 0) is 0 Å². The van der Waals surface area contributed by atoms with Gasteiger partial charge in [-0.3, -0.25) is 0 Å². The number of fused-ring (bicyclic) bond motifs is 6. The van der Waals surface area contributed by atoms with Gasteiger partial charge in [-0.1, -0.05) is 72.8 Å². The van der Waals surface area contributed by atoms with Gasteiger partial charge < -0.3 is 14.5 Å². The van der Waals surface area contributed by atoms with Gasteiger partial charge in [-0.05, 0) is 63.8 Å². The predicted molar refractivity (Wildman–Crippen MR) is 130 cm³/mol. The Balaban J connectivity index is 0.000000473. The summed E-state index contributed by atoms with van der Waals surface area (Å²) < 4.78 is 6.02. The Morgan fingerprint density at radius 3 is 2.00 bits per heavy atom. The zero-order chi connectivity index (χ0) is 21.4. The minimum absolute atomic E-state index is 0.943. The van der Waals surface area contributed by atoms with Crippen LogP contribution in [0.1, 0.15) is 0 Å². The first-order valence-electron chi connectivity index (χ1n) is 10.3. The van der Waals surface area contributed by atoms with Crippen LogP contribution < -0.4 is 0 Å². The average molecular weight is 404 g/mol. The van der Waals surface area contributed by atoms with Crippen molar-refractivity contribution >= 4 is 50.6 Å². The molecule has 6 rings (SSSR count). The van der Waals surface area contributed by atoms with Crippen LogP contribution in [0.5, 0.6) is 0 Å². The zero-order valence-corrected chi connectivity index (χ0v) is 17.1. The van der Waals surface area contributed by atoms with Crippen molar-refractivity contribution < 1.29 is 14.5 Å². The van der Waals surface area contributed by atoms with E-state index in [1.165, 1.54) is 50.3 Å². The summed E-state index contributed by atoms with van der Waals surface area (Å²) in [4.78, 5) is 0. The van der Waals surface area contributed by atoms with Crippen LogP contribution in [0.3, 0.4) is 0 Å². The molecule has 31 heavy (non-hydrogen) atoms. The normalized spacial score (nSPS) is 11.1. The minimum atomic E-state index is -1.17. The maximum Gasteiger partial charge on any atom is 0.448 e. The number of para-hydroxylation sites is 1. The molecule has 0 fully saturated rings. The first-order chi connectivity index (χ1) is 15.1. The van der Waals surface area contributed by atoms with Crippen LogP contribution in [-0.4, -0.2) is 17.2 Å². The van der Waals surface area contributed by atoms with Gasteiger partial charge in [-0.25, -0.2) is 0 Å². The molecule has 3 nitrogen and oxygen atoms in total. The summed E-state index contributed by atoms with van der Waals surface area (Å²) in [5, 5.41) is 22.6. The van der Waals surface area contributed by atoms with Crippen molar-refractivity contribution in [3.63, 3.8) is 0 Å².